The fourth-order valence-electron chi connectivity index (χ4n) is 2.28. The second-order valence-electron chi connectivity index (χ2n) is 6.13. The van der Waals surface area contributed by atoms with Crippen molar-refractivity contribution < 1.29 is 19.1 Å². The van der Waals surface area contributed by atoms with Gasteiger partial charge in [0.2, 0.25) is 0 Å². The molecule has 0 aromatic heterocycles. The van der Waals surface area contributed by atoms with Gasteiger partial charge in [-0.25, -0.2) is 0 Å². The van der Waals surface area contributed by atoms with Gasteiger partial charge in [-0.15, -0.1) is 0 Å². The minimum absolute atomic E-state index is 0.0430. The lowest BCUT2D eigenvalue weighted by Crippen LogP contribution is -2.30. The van der Waals surface area contributed by atoms with E-state index in [0.717, 1.165) is 6.42 Å². The van der Waals surface area contributed by atoms with Crippen LogP contribution in [0.1, 0.15) is 36.2 Å². The molecule has 2 aromatic carbocycles. The third kappa shape index (κ3) is 6.69. The summed E-state index contributed by atoms with van der Waals surface area (Å²) in [5.74, 6) is 0.324. The Bertz CT molecular complexity index is 696. The molecule has 0 saturated heterocycles. The van der Waals surface area contributed by atoms with Crippen molar-refractivity contribution in [1.29, 1.82) is 0 Å². The van der Waals surface area contributed by atoms with Gasteiger partial charge in [0, 0.05) is 24.3 Å². The zero-order valence-corrected chi connectivity index (χ0v) is 15.2. The molecule has 2 aromatic rings. The van der Waals surface area contributed by atoms with Gasteiger partial charge in [0.05, 0.1) is 6.10 Å². The van der Waals surface area contributed by atoms with Crippen LogP contribution in [0, 0.1) is 0 Å². The van der Waals surface area contributed by atoms with E-state index in [1.54, 1.807) is 36.4 Å². The van der Waals surface area contributed by atoms with E-state index in [1.165, 1.54) is 0 Å². The van der Waals surface area contributed by atoms with Gasteiger partial charge in [-0.1, -0.05) is 30.3 Å². The Balaban J connectivity index is 1.73. The molecule has 0 radical (unpaired) electrons. The van der Waals surface area contributed by atoms with Crippen molar-refractivity contribution in [3.05, 3.63) is 65.7 Å². The van der Waals surface area contributed by atoms with Gasteiger partial charge in [0.25, 0.3) is 5.91 Å². The maximum atomic E-state index is 12.3. The lowest BCUT2D eigenvalue weighted by molar-refractivity contribution is -0.123. The maximum absolute atomic E-state index is 12.3. The molecule has 0 bridgehead atoms. The first-order valence-electron chi connectivity index (χ1n) is 8.77. The molecule has 2 rings (SSSR count). The van der Waals surface area contributed by atoms with Gasteiger partial charge in [-0.3, -0.25) is 9.59 Å². The number of ketones is 1. The summed E-state index contributed by atoms with van der Waals surface area (Å²) in [6, 6.07) is 15.9. The Kier molecular flexibility index (Phi) is 7.83. The summed E-state index contributed by atoms with van der Waals surface area (Å²) >= 11 is 0. The van der Waals surface area contributed by atoms with Gasteiger partial charge in [0.15, 0.2) is 12.4 Å². The van der Waals surface area contributed by atoms with Crippen molar-refractivity contribution >= 4 is 11.7 Å². The van der Waals surface area contributed by atoms with E-state index in [0.29, 0.717) is 30.0 Å². The normalized spacial score (nSPS) is 10.6. The van der Waals surface area contributed by atoms with Crippen LogP contribution in [-0.4, -0.2) is 37.6 Å². The van der Waals surface area contributed by atoms with Crippen LogP contribution in [0.15, 0.2) is 54.6 Å². The largest absolute Gasteiger partial charge is 0.484 e. The lowest BCUT2D eigenvalue weighted by atomic mass is 10.0. The Morgan fingerprint density at radius 2 is 1.62 bits per heavy atom. The number of carbonyl (C=O) groups is 2. The van der Waals surface area contributed by atoms with E-state index in [1.807, 2.05) is 32.0 Å². The van der Waals surface area contributed by atoms with Crippen LogP contribution >= 0.6 is 0 Å². The summed E-state index contributed by atoms with van der Waals surface area (Å²) in [6.45, 7) is 5.07. The molecule has 0 unspecified atom stereocenters. The third-order valence-corrected chi connectivity index (χ3v) is 3.62. The summed E-state index contributed by atoms with van der Waals surface area (Å²) in [5, 5.41) is 2.78. The molecule has 0 atom stereocenters. The Labute approximate surface area is 154 Å². The standard InChI is InChI=1S/C21H25NO4/c1-16(2)25-14-6-13-22-20(23)15-26-19-11-9-18(10-12-19)21(24)17-7-4-3-5-8-17/h3-5,7-12,16H,6,13-15H2,1-2H3,(H,22,23). The number of ether oxygens (including phenoxy) is 2. The first-order chi connectivity index (χ1) is 12.6. The predicted octanol–water partition coefficient (Wildman–Crippen LogP) is 3.23. The number of carbonyl (C=O) groups excluding carboxylic acids is 2. The smallest absolute Gasteiger partial charge is 0.257 e. The monoisotopic (exact) mass is 355 g/mol. The maximum Gasteiger partial charge on any atom is 0.257 e. The Hall–Kier alpha value is -2.66. The summed E-state index contributed by atoms with van der Waals surface area (Å²) in [7, 11) is 0. The average Bonchev–Trinajstić information content (AvgIpc) is 2.66. The SMILES string of the molecule is CC(C)OCCCNC(=O)COc1ccc(C(=O)c2ccccc2)cc1. The van der Waals surface area contributed by atoms with Gasteiger partial charge >= 0.3 is 0 Å². The van der Waals surface area contributed by atoms with Crippen LogP contribution in [0.5, 0.6) is 5.75 Å². The number of benzene rings is 2. The highest BCUT2D eigenvalue weighted by Crippen LogP contribution is 2.15. The van der Waals surface area contributed by atoms with E-state index in [4.69, 9.17) is 9.47 Å². The molecule has 5 nitrogen and oxygen atoms in total. The highest BCUT2D eigenvalue weighted by Gasteiger charge is 2.09. The van der Waals surface area contributed by atoms with Gasteiger partial charge in [-0.05, 0) is 44.5 Å². The fraction of sp³-hybridized carbons (Fsp3) is 0.333. The summed E-state index contributed by atoms with van der Waals surface area (Å²) in [5.41, 5.74) is 1.22. The number of rotatable bonds is 10. The Morgan fingerprint density at radius 1 is 0.962 bits per heavy atom. The lowest BCUT2D eigenvalue weighted by Gasteiger charge is -2.09. The van der Waals surface area contributed by atoms with E-state index in [9.17, 15) is 9.59 Å². The molecule has 0 fully saturated rings. The summed E-state index contributed by atoms with van der Waals surface area (Å²) in [6.07, 6.45) is 0.964. The topological polar surface area (TPSA) is 64.6 Å². The van der Waals surface area contributed by atoms with E-state index < -0.39 is 0 Å². The number of hydrogen-bond acceptors (Lipinski definition) is 4. The van der Waals surface area contributed by atoms with Crippen molar-refractivity contribution in [2.24, 2.45) is 0 Å². The van der Waals surface area contributed by atoms with Crippen LogP contribution in [-0.2, 0) is 9.53 Å². The van der Waals surface area contributed by atoms with E-state index in [2.05, 4.69) is 5.32 Å². The van der Waals surface area contributed by atoms with Crippen LogP contribution in [0.3, 0.4) is 0 Å². The van der Waals surface area contributed by atoms with E-state index in [-0.39, 0.29) is 24.4 Å². The van der Waals surface area contributed by atoms with Gasteiger partial charge in [-0.2, -0.15) is 0 Å². The van der Waals surface area contributed by atoms with Crippen molar-refractivity contribution in [3.8, 4) is 5.75 Å². The first kappa shape index (κ1) is 19.7. The summed E-state index contributed by atoms with van der Waals surface area (Å²) in [4.78, 5) is 24.1. The quantitative estimate of drug-likeness (QED) is 0.525. The molecular weight excluding hydrogens is 330 g/mol. The fourth-order valence-corrected chi connectivity index (χ4v) is 2.28. The van der Waals surface area contributed by atoms with Crippen molar-refractivity contribution in [2.75, 3.05) is 19.8 Å². The molecule has 0 aliphatic carbocycles. The second-order valence-corrected chi connectivity index (χ2v) is 6.13. The molecule has 0 aliphatic rings. The zero-order valence-electron chi connectivity index (χ0n) is 15.2. The zero-order chi connectivity index (χ0) is 18.8. The van der Waals surface area contributed by atoms with E-state index >= 15 is 0 Å². The molecule has 26 heavy (non-hydrogen) atoms. The minimum atomic E-state index is -0.181. The number of hydrogen-bond donors (Lipinski definition) is 1. The van der Waals surface area contributed by atoms with Crippen LogP contribution in [0.2, 0.25) is 0 Å². The minimum Gasteiger partial charge on any atom is -0.484 e. The number of amides is 1. The second kappa shape index (κ2) is 10.4. The summed E-state index contributed by atoms with van der Waals surface area (Å²) < 4.78 is 10.9. The average molecular weight is 355 g/mol. The third-order valence-electron chi connectivity index (χ3n) is 3.62. The number of nitrogens with one attached hydrogen (secondary N) is 1. The predicted molar refractivity (Wildman–Crippen MR) is 101 cm³/mol. The molecular formula is C21H25NO4. The highest BCUT2D eigenvalue weighted by atomic mass is 16.5. The molecule has 138 valence electrons. The van der Waals surface area contributed by atoms with Crippen molar-refractivity contribution in [1.82, 2.24) is 5.32 Å². The van der Waals surface area contributed by atoms with Crippen LogP contribution in [0.25, 0.3) is 0 Å². The van der Waals surface area contributed by atoms with Crippen LogP contribution < -0.4 is 10.1 Å². The van der Waals surface area contributed by atoms with Crippen LogP contribution in [0.4, 0.5) is 0 Å². The van der Waals surface area contributed by atoms with Gasteiger partial charge < -0.3 is 14.8 Å². The first-order valence-corrected chi connectivity index (χ1v) is 8.77. The molecule has 0 saturated carbocycles. The highest BCUT2D eigenvalue weighted by molar-refractivity contribution is 6.08. The van der Waals surface area contributed by atoms with Crippen molar-refractivity contribution in [3.63, 3.8) is 0 Å². The molecule has 1 amide bonds. The Morgan fingerprint density at radius 3 is 2.27 bits per heavy atom. The van der Waals surface area contributed by atoms with Gasteiger partial charge in [0.1, 0.15) is 5.75 Å². The molecule has 1 N–H and O–H groups in total. The molecule has 0 spiro atoms. The van der Waals surface area contributed by atoms with Crippen molar-refractivity contribution in [2.45, 2.75) is 26.4 Å². The molecule has 0 aliphatic heterocycles. The molecule has 0 heterocycles. The molecule has 5 heteroatoms.